The highest BCUT2D eigenvalue weighted by molar-refractivity contribution is 6.05. The molecular weight excluding hydrogens is 624 g/mol. The minimum Gasteiger partial charge on any atom is -0.494 e. The van der Waals surface area contributed by atoms with Gasteiger partial charge < -0.3 is 29.5 Å². The van der Waals surface area contributed by atoms with Crippen molar-refractivity contribution in [2.75, 3.05) is 25.1 Å². The van der Waals surface area contributed by atoms with E-state index in [9.17, 15) is 24.3 Å². The molecule has 1 aliphatic heterocycles. The normalized spacial score (nSPS) is 16.3. The molecule has 10 nitrogen and oxygen atoms in total. The molecule has 256 valence electrons. The van der Waals surface area contributed by atoms with Gasteiger partial charge in [-0.05, 0) is 79.1 Å². The van der Waals surface area contributed by atoms with E-state index >= 15 is 0 Å². The van der Waals surface area contributed by atoms with E-state index in [1.807, 2.05) is 6.08 Å². The first-order valence-electron chi connectivity index (χ1n) is 16.8. The summed E-state index contributed by atoms with van der Waals surface area (Å²) >= 11 is 0. The van der Waals surface area contributed by atoms with Crippen LogP contribution in [0.1, 0.15) is 71.7 Å². The summed E-state index contributed by atoms with van der Waals surface area (Å²) in [5, 5.41) is 12.4. The van der Waals surface area contributed by atoms with E-state index in [0.717, 1.165) is 19.3 Å². The molecule has 0 saturated carbocycles. The maximum Gasteiger partial charge on any atom is 0.343 e. The van der Waals surface area contributed by atoms with E-state index in [-0.39, 0.29) is 30.0 Å². The number of nitrogens with zero attached hydrogens (tertiary/aromatic N) is 1. The molecule has 2 aliphatic rings. The third kappa shape index (κ3) is 9.90. The first-order chi connectivity index (χ1) is 23.8. The summed E-state index contributed by atoms with van der Waals surface area (Å²) < 4.78 is 17.0. The Morgan fingerprint density at radius 2 is 1.57 bits per heavy atom. The number of rotatable bonds is 16. The van der Waals surface area contributed by atoms with E-state index < -0.39 is 24.4 Å². The molecule has 49 heavy (non-hydrogen) atoms. The Morgan fingerprint density at radius 1 is 0.878 bits per heavy atom. The largest absolute Gasteiger partial charge is 0.494 e. The maximum atomic E-state index is 13.4. The summed E-state index contributed by atoms with van der Waals surface area (Å²) in [6.07, 6.45) is 12.1. The van der Waals surface area contributed by atoms with Crippen LogP contribution in [-0.4, -0.2) is 59.6 Å². The molecule has 0 aromatic heterocycles. The molecule has 2 unspecified atom stereocenters. The van der Waals surface area contributed by atoms with Crippen molar-refractivity contribution in [3.63, 3.8) is 0 Å². The van der Waals surface area contributed by atoms with Crippen molar-refractivity contribution in [3.05, 3.63) is 113 Å². The molecule has 1 saturated heterocycles. The van der Waals surface area contributed by atoms with Gasteiger partial charge in [-0.15, -0.1) is 0 Å². The van der Waals surface area contributed by atoms with Gasteiger partial charge in [0.05, 0.1) is 18.3 Å². The first kappa shape index (κ1) is 35.1. The number of carboxylic acid groups (broad SMARTS) is 1. The van der Waals surface area contributed by atoms with Crippen LogP contribution in [0.25, 0.3) is 0 Å². The van der Waals surface area contributed by atoms with Gasteiger partial charge in [0, 0.05) is 35.9 Å². The molecule has 2 atom stereocenters. The average molecular weight is 667 g/mol. The fraction of sp³-hybridized carbons (Fsp3) is 0.333. The molecule has 0 radical (unpaired) electrons. The number of unbranched alkanes of at least 4 members (excludes halogenated alkanes) is 4. The van der Waals surface area contributed by atoms with E-state index in [1.165, 1.54) is 24.2 Å². The number of carbonyl (C=O) groups is 4. The summed E-state index contributed by atoms with van der Waals surface area (Å²) in [6, 6.07) is 19.7. The van der Waals surface area contributed by atoms with Gasteiger partial charge in [0.1, 0.15) is 18.0 Å². The third-order valence-electron chi connectivity index (χ3n) is 8.46. The zero-order valence-corrected chi connectivity index (χ0v) is 27.6. The minimum absolute atomic E-state index is 0.0160. The number of carboxylic acids is 1. The summed E-state index contributed by atoms with van der Waals surface area (Å²) in [6.45, 7) is 2.92. The molecule has 3 aromatic rings. The van der Waals surface area contributed by atoms with Crippen LogP contribution in [-0.2, 0) is 20.9 Å². The number of hydrogen-bond donors (Lipinski definition) is 2. The molecule has 0 spiro atoms. The number of carbonyl (C=O) groups excluding carboxylic acids is 3. The highest BCUT2D eigenvalue weighted by Gasteiger charge is 2.34. The van der Waals surface area contributed by atoms with Crippen molar-refractivity contribution < 1.29 is 38.5 Å². The molecule has 0 bridgehead atoms. The maximum absolute atomic E-state index is 13.4. The number of aliphatic carboxylic acids is 1. The summed E-state index contributed by atoms with van der Waals surface area (Å²) in [5.41, 5.74) is 2.35. The van der Waals surface area contributed by atoms with E-state index in [1.54, 1.807) is 78.9 Å². The van der Waals surface area contributed by atoms with Gasteiger partial charge in [0.15, 0.2) is 0 Å². The quantitative estimate of drug-likeness (QED) is 0.0968. The number of fused-ring (bicyclic) bond motifs is 1. The lowest BCUT2D eigenvalue weighted by Crippen LogP contribution is -2.35. The van der Waals surface area contributed by atoms with Gasteiger partial charge in [-0.25, -0.2) is 4.79 Å². The van der Waals surface area contributed by atoms with Crippen molar-refractivity contribution in [1.29, 1.82) is 0 Å². The van der Waals surface area contributed by atoms with Gasteiger partial charge in [-0.2, -0.15) is 0 Å². The summed E-state index contributed by atoms with van der Waals surface area (Å²) in [5.74, 6) is -1.24. The van der Waals surface area contributed by atoms with Gasteiger partial charge in [-0.3, -0.25) is 14.4 Å². The second-order valence-corrected chi connectivity index (χ2v) is 12.2. The van der Waals surface area contributed by atoms with Crippen LogP contribution in [0.2, 0.25) is 0 Å². The second-order valence-electron chi connectivity index (χ2n) is 12.2. The summed E-state index contributed by atoms with van der Waals surface area (Å²) in [4.78, 5) is 51.8. The standard InChI is InChI=1S/C39H42N2O8/c1-2-3-4-5-6-23-47-32-20-14-30(15-21-32)39(46)49-33-18-10-27(11-19-33)25-41(26-35(42)43)38(45)29-12-16-31(17-13-29)40-37(44)34-9-7-8-28-22-24-48-36(28)34/h7-21,28,36H,2-6,22-26H2,1H3,(H,40,44)(H,42,43). The van der Waals surface area contributed by atoms with Gasteiger partial charge in [-0.1, -0.05) is 63.0 Å². The van der Waals surface area contributed by atoms with Gasteiger partial charge >= 0.3 is 11.9 Å². The number of allylic oxidation sites excluding steroid dienone is 2. The molecule has 3 aromatic carbocycles. The van der Waals surface area contributed by atoms with Gasteiger partial charge in [0.2, 0.25) is 0 Å². The highest BCUT2D eigenvalue weighted by Crippen LogP contribution is 2.31. The molecule has 10 heteroatoms. The molecule has 1 heterocycles. The minimum atomic E-state index is -1.16. The van der Waals surface area contributed by atoms with E-state index in [0.29, 0.717) is 47.1 Å². The van der Waals surface area contributed by atoms with E-state index in [2.05, 4.69) is 18.3 Å². The predicted molar refractivity (Wildman–Crippen MR) is 185 cm³/mol. The Kier molecular flexibility index (Phi) is 12.4. The van der Waals surface area contributed by atoms with Crippen molar-refractivity contribution >= 4 is 29.4 Å². The number of nitrogens with one attached hydrogen (secondary N) is 1. The monoisotopic (exact) mass is 666 g/mol. The number of amides is 2. The van der Waals surface area contributed by atoms with Crippen LogP contribution < -0.4 is 14.8 Å². The Hall–Kier alpha value is -5.22. The second kappa shape index (κ2) is 17.3. The number of esters is 1. The van der Waals surface area contributed by atoms with Crippen molar-refractivity contribution in [1.82, 2.24) is 4.90 Å². The van der Waals surface area contributed by atoms with Gasteiger partial charge in [0.25, 0.3) is 11.8 Å². The molecule has 2 N–H and O–H groups in total. The molecular formula is C39H42N2O8. The third-order valence-corrected chi connectivity index (χ3v) is 8.46. The lowest BCUT2D eigenvalue weighted by Gasteiger charge is -2.22. The topological polar surface area (TPSA) is 131 Å². The zero-order chi connectivity index (χ0) is 34.6. The van der Waals surface area contributed by atoms with E-state index in [4.69, 9.17) is 14.2 Å². The van der Waals surface area contributed by atoms with Crippen LogP contribution in [0.5, 0.6) is 11.5 Å². The lowest BCUT2D eigenvalue weighted by molar-refractivity contribution is -0.137. The SMILES string of the molecule is CCCCCCCOc1ccc(C(=O)Oc2ccc(CN(CC(=O)O)C(=O)c3ccc(NC(=O)C4=CC=CC5CCOC45)cc3)cc2)cc1. The van der Waals surface area contributed by atoms with Crippen molar-refractivity contribution in [2.24, 2.45) is 5.92 Å². The molecule has 5 rings (SSSR count). The highest BCUT2D eigenvalue weighted by atomic mass is 16.5. The Morgan fingerprint density at radius 3 is 2.29 bits per heavy atom. The number of hydrogen-bond acceptors (Lipinski definition) is 7. The summed E-state index contributed by atoms with van der Waals surface area (Å²) in [7, 11) is 0. The Balaban J connectivity index is 1.13. The van der Waals surface area contributed by atoms with Crippen LogP contribution in [0, 0.1) is 5.92 Å². The van der Waals surface area contributed by atoms with Crippen LogP contribution in [0.4, 0.5) is 5.69 Å². The first-order valence-corrected chi connectivity index (χ1v) is 16.8. The van der Waals surface area contributed by atoms with Crippen LogP contribution >= 0.6 is 0 Å². The fourth-order valence-corrected chi connectivity index (χ4v) is 5.80. The number of ether oxygens (including phenoxy) is 3. The average Bonchev–Trinajstić information content (AvgIpc) is 3.60. The molecule has 1 fully saturated rings. The van der Waals surface area contributed by atoms with Crippen molar-refractivity contribution in [3.8, 4) is 11.5 Å². The predicted octanol–water partition coefficient (Wildman–Crippen LogP) is 6.82. The Labute approximate surface area is 286 Å². The lowest BCUT2D eigenvalue weighted by atomic mass is 9.90. The van der Waals surface area contributed by atoms with Crippen LogP contribution in [0.15, 0.2) is 96.6 Å². The Bertz CT molecular complexity index is 1660. The zero-order valence-electron chi connectivity index (χ0n) is 27.6. The smallest absolute Gasteiger partial charge is 0.343 e. The van der Waals surface area contributed by atoms with Crippen molar-refractivity contribution in [2.45, 2.75) is 58.1 Å². The molecule has 2 amide bonds. The molecule has 1 aliphatic carbocycles. The number of anilines is 1. The van der Waals surface area contributed by atoms with Crippen LogP contribution in [0.3, 0.4) is 0 Å². The number of benzene rings is 3. The fourth-order valence-electron chi connectivity index (χ4n) is 5.80.